The van der Waals surface area contributed by atoms with E-state index in [0.29, 0.717) is 18.2 Å². The number of carbonyl (C=O) groups excluding carboxylic acids is 2. The lowest BCUT2D eigenvalue weighted by Gasteiger charge is -2.15. The third-order valence-corrected chi connectivity index (χ3v) is 3.64. The first kappa shape index (κ1) is 18.0. The van der Waals surface area contributed by atoms with Gasteiger partial charge in [0.25, 0.3) is 11.8 Å². The Morgan fingerprint density at radius 2 is 2.00 bits per heavy atom. The van der Waals surface area contributed by atoms with Crippen LogP contribution >= 0.6 is 0 Å². The average Bonchev–Trinajstić information content (AvgIpc) is 2.53. The highest BCUT2D eigenvalue weighted by Crippen LogP contribution is 2.17. The SMILES string of the molecule is CCCC[C@@H](CC)CNC(=O)COc1ccccc1C(N)=O. The van der Waals surface area contributed by atoms with E-state index in [2.05, 4.69) is 19.2 Å². The third kappa shape index (κ3) is 6.16. The molecular formula is C17H26N2O3. The normalized spacial score (nSPS) is 11.7. The molecule has 0 aliphatic rings. The molecule has 0 aliphatic heterocycles. The van der Waals surface area contributed by atoms with Gasteiger partial charge in [-0.05, 0) is 24.5 Å². The van der Waals surface area contributed by atoms with Crippen LogP contribution in [0.15, 0.2) is 24.3 Å². The van der Waals surface area contributed by atoms with E-state index in [1.54, 1.807) is 24.3 Å². The Hall–Kier alpha value is -2.04. The second kappa shape index (κ2) is 9.82. The second-order valence-electron chi connectivity index (χ2n) is 5.37. The van der Waals surface area contributed by atoms with Gasteiger partial charge in [-0.3, -0.25) is 9.59 Å². The lowest BCUT2D eigenvalue weighted by atomic mass is 9.99. The molecule has 1 atom stereocenters. The van der Waals surface area contributed by atoms with Crippen molar-refractivity contribution < 1.29 is 14.3 Å². The number of nitrogens with two attached hydrogens (primary N) is 1. The van der Waals surface area contributed by atoms with E-state index in [1.807, 2.05) is 0 Å². The van der Waals surface area contributed by atoms with Gasteiger partial charge in [-0.15, -0.1) is 0 Å². The standard InChI is InChI=1S/C17H26N2O3/c1-3-5-8-13(4-2)11-19-16(20)12-22-15-10-7-6-9-14(15)17(18)21/h6-7,9-10,13H,3-5,8,11-12H2,1-2H3,(H2,18,21)(H,19,20)/t13-/m1/s1. The van der Waals surface area contributed by atoms with Crippen molar-refractivity contribution in [2.45, 2.75) is 39.5 Å². The fraction of sp³-hybridized carbons (Fsp3) is 0.529. The van der Waals surface area contributed by atoms with Gasteiger partial charge in [0.15, 0.2) is 6.61 Å². The number of amides is 2. The molecule has 0 bridgehead atoms. The summed E-state index contributed by atoms with van der Waals surface area (Å²) in [5.41, 5.74) is 5.55. The fourth-order valence-electron chi connectivity index (χ4n) is 2.19. The summed E-state index contributed by atoms with van der Waals surface area (Å²) in [5, 5.41) is 2.88. The van der Waals surface area contributed by atoms with E-state index < -0.39 is 5.91 Å². The van der Waals surface area contributed by atoms with E-state index in [9.17, 15) is 9.59 Å². The fourth-order valence-corrected chi connectivity index (χ4v) is 2.19. The molecule has 0 saturated carbocycles. The third-order valence-electron chi connectivity index (χ3n) is 3.64. The van der Waals surface area contributed by atoms with Gasteiger partial charge >= 0.3 is 0 Å². The van der Waals surface area contributed by atoms with Gasteiger partial charge < -0.3 is 15.8 Å². The Morgan fingerprint density at radius 3 is 2.64 bits per heavy atom. The first-order chi connectivity index (χ1) is 10.6. The monoisotopic (exact) mass is 306 g/mol. The van der Waals surface area contributed by atoms with Crippen molar-refractivity contribution >= 4 is 11.8 Å². The van der Waals surface area contributed by atoms with Crippen molar-refractivity contribution in [3.05, 3.63) is 29.8 Å². The smallest absolute Gasteiger partial charge is 0.257 e. The van der Waals surface area contributed by atoms with Crippen LogP contribution in [0.5, 0.6) is 5.75 Å². The predicted octanol–water partition coefficient (Wildman–Crippen LogP) is 2.50. The minimum atomic E-state index is -0.568. The number of carbonyl (C=O) groups is 2. The quantitative estimate of drug-likeness (QED) is 0.697. The Labute approximate surface area is 132 Å². The highest BCUT2D eigenvalue weighted by molar-refractivity contribution is 5.95. The van der Waals surface area contributed by atoms with Crippen molar-refractivity contribution in [3.63, 3.8) is 0 Å². The summed E-state index contributed by atoms with van der Waals surface area (Å²) in [6, 6.07) is 6.64. The van der Waals surface area contributed by atoms with Crippen LogP contribution in [0.4, 0.5) is 0 Å². The minimum Gasteiger partial charge on any atom is -0.483 e. The van der Waals surface area contributed by atoms with Crippen LogP contribution in [-0.2, 0) is 4.79 Å². The molecule has 0 heterocycles. The summed E-state index contributed by atoms with van der Waals surface area (Å²) in [7, 11) is 0. The lowest BCUT2D eigenvalue weighted by molar-refractivity contribution is -0.123. The van der Waals surface area contributed by atoms with Crippen LogP contribution in [0.2, 0.25) is 0 Å². The zero-order valence-corrected chi connectivity index (χ0v) is 13.4. The number of rotatable bonds is 10. The van der Waals surface area contributed by atoms with Crippen molar-refractivity contribution in [1.29, 1.82) is 0 Å². The molecular weight excluding hydrogens is 280 g/mol. The van der Waals surface area contributed by atoms with Gasteiger partial charge in [0.2, 0.25) is 0 Å². The maximum atomic E-state index is 11.8. The van der Waals surface area contributed by atoms with Gasteiger partial charge in [-0.1, -0.05) is 45.2 Å². The maximum Gasteiger partial charge on any atom is 0.257 e. The molecule has 5 nitrogen and oxygen atoms in total. The molecule has 0 aromatic heterocycles. The van der Waals surface area contributed by atoms with Gasteiger partial charge in [0, 0.05) is 6.54 Å². The number of benzene rings is 1. The number of nitrogens with one attached hydrogen (secondary N) is 1. The molecule has 2 amide bonds. The summed E-state index contributed by atoms with van der Waals surface area (Å²) < 4.78 is 5.39. The topological polar surface area (TPSA) is 81.4 Å². The van der Waals surface area contributed by atoms with E-state index in [1.165, 1.54) is 6.42 Å². The molecule has 22 heavy (non-hydrogen) atoms. The molecule has 0 aliphatic carbocycles. The van der Waals surface area contributed by atoms with Crippen LogP contribution < -0.4 is 15.8 Å². The van der Waals surface area contributed by atoms with Gasteiger partial charge in [-0.2, -0.15) is 0 Å². The number of hydrogen-bond acceptors (Lipinski definition) is 3. The second-order valence-corrected chi connectivity index (χ2v) is 5.37. The first-order valence-electron chi connectivity index (χ1n) is 7.86. The summed E-state index contributed by atoms with van der Waals surface area (Å²) in [5.74, 6) is 0.0841. The van der Waals surface area contributed by atoms with Crippen LogP contribution in [0.25, 0.3) is 0 Å². The van der Waals surface area contributed by atoms with E-state index >= 15 is 0 Å². The molecule has 0 unspecified atom stereocenters. The van der Waals surface area contributed by atoms with Crippen molar-refractivity contribution in [2.75, 3.05) is 13.2 Å². The Bertz CT molecular complexity index is 489. The molecule has 0 spiro atoms. The van der Waals surface area contributed by atoms with E-state index in [4.69, 9.17) is 10.5 Å². The van der Waals surface area contributed by atoms with Crippen molar-refractivity contribution in [1.82, 2.24) is 5.32 Å². The van der Waals surface area contributed by atoms with Gasteiger partial charge in [0.05, 0.1) is 5.56 Å². The molecule has 1 aromatic carbocycles. The molecule has 0 radical (unpaired) electrons. The van der Waals surface area contributed by atoms with Crippen LogP contribution in [-0.4, -0.2) is 25.0 Å². The molecule has 5 heteroatoms. The van der Waals surface area contributed by atoms with Gasteiger partial charge in [-0.25, -0.2) is 0 Å². The number of unbranched alkanes of at least 4 members (excludes halogenated alkanes) is 1. The molecule has 1 aromatic rings. The number of hydrogen-bond donors (Lipinski definition) is 2. The zero-order chi connectivity index (χ0) is 16.4. The first-order valence-corrected chi connectivity index (χ1v) is 7.86. The van der Waals surface area contributed by atoms with Crippen LogP contribution in [0.3, 0.4) is 0 Å². The average molecular weight is 306 g/mol. The van der Waals surface area contributed by atoms with Crippen LogP contribution in [0, 0.1) is 5.92 Å². The number of para-hydroxylation sites is 1. The molecule has 1 rings (SSSR count). The highest BCUT2D eigenvalue weighted by atomic mass is 16.5. The molecule has 122 valence electrons. The maximum absolute atomic E-state index is 11.8. The Kier molecular flexibility index (Phi) is 8.04. The minimum absolute atomic E-state index is 0.117. The molecule has 3 N–H and O–H groups in total. The predicted molar refractivity (Wildman–Crippen MR) is 86.8 cm³/mol. The number of primary amides is 1. The summed E-state index contributed by atoms with van der Waals surface area (Å²) in [6.45, 7) is 4.84. The highest BCUT2D eigenvalue weighted by Gasteiger charge is 2.11. The largest absolute Gasteiger partial charge is 0.483 e. The zero-order valence-electron chi connectivity index (χ0n) is 13.4. The van der Waals surface area contributed by atoms with E-state index in [-0.39, 0.29) is 18.1 Å². The van der Waals surface area contributed by atoms with Crippen molar-refractivity contribution in [2.24, 2.45) is 11.7 Å². The molecule has 0 saturated heterocycles. The van der Waals surface area contributed by atoms with Gasteiger partial charge in [0.1, 0.15) is 5.75 Å². The summed E-state index contributed by atoms with van der Waals surface area (Å²) in [4.78, 5) is 23.1. The molecule has 0 fully saturated rings. The Morgan fingerprint density at radius 1 is 1.27 bits per heavy atom. The number of ether oxygens (including phenoxy) is 1. The Balaban J connectivity index is 2.42. The summed E-state index contributed by atoms with van der Waals surface area (Å²) in [6.07, 6.45) is 4.51. The van der Waals surface area contributed by atoms with E-state index in [0.717, 1.165) is 19.3 Å². The lowest BCUT2D eigenvalue weighted by Crippen LogP contribution is -2.33. The van der Waals surface area contributed by atoms with Crippen LogP contribution in [0.1, 0.15) is 49.9 Å². The van der Waals surface area contributed by atoms with Crippen molar-refractivity contribution in [3.8, 4) is 5.75 Å². The summed E-state index contributed by atoms with van der Waals surface area (Å²) >= 11 is 0.